The van der Waals surface area contributed by atoms with E-state index in [4.69, 9.17) is 4.74 Å². The van der Waals surface area contributed by atoms with Gasteiger partial charge in [-0.05, 0) is 42.2 Å². The third-order valence-electron chi connectivity index (χ3n) is 6.41. The van der Waals surface area contributed by atoms with E-state index >= 15 is 0 Å². The Morgan fingerprint density at radius 3 is 2.42 bits per heavy atom. The van der Waals surface area contributed by atoms with Gasteiger partial charge in [0, 0.05) is 11.8 Å². The fraction of sp³-hybridized carbons (Fsp3) is 0.450. The summed E-state index contributed by atoms with van der Waals surface area (Å²) in [5, 5.41) is 2.74. The zero-order chi connectivity index (χ0) is 18.0. The molecule has 1 aliphatic heterocycles. The Morgan fingerprint density at radius 1 is 1.15 bits per heavy atom. The number of methoxy groups -OCH3 is 1. The van der Waals surface area contributed by atoms with Gasteiger partial charge in [-0.15, -0.1) is 0 Å². The Balaban J connectivity index is 1.31. The molecule has 134 valence electrons. The summed E-state index contributed by atoms with van der Waals surface area (Å²) in [5.74, 6) is 0.874. The van der Waals surface area contributed by atoms with E-state index in [-0.39, 0.29) is 47.9 Å². The molecule has 2 bridgehead atoms. The molecule has 0 radical (unpaired) electrons. The molecule has 6 nitrogen and oxygen atoms in total. The summed E-state index contributed by atoms with van der Waals surface area (Å²) in [6.45, 7) is -0.226. The van der Waals surface area contributed by atoms with Crippen LogP contribution in [0.2, 0.25) is 0 Å². The summed E-state index contributed by atoms with van der Waals surface area (Å²) in [6, 6.07) is 6.99. The predicted octanol–water partition coefficient (Wildman–Crippen LogP) is 1.69. The molecular formula is C20H20N2O4. The highest BCUT2D eigenvalue weighted by Crippen LogP contribution is 2.65. The third-order valence-corrected chi connectivity index (χ3v) is 6.41. The van der Waals surface area contributed by atoms with Crippen molar-refractivity contribution in [2.24, 2.45) is 35.5 Å². The Kier molecular flexibility index (Phi) is 3.26. The van der Waals surface area contributed by atoms with Crippen LogP contribution in [0, 0.1) is 35.5 Å². The minimum absolute atomic E-state index is 0.175. The van der Waals surface area contributed by atoms with Gasteiger partial charge in [0.05, 0.1) is 18.9 Å². The molecule has 5 aliphatic rings. The van der Waals surface area contributed by atoms with E-state index < -0.39 is 0 Å². The van der Waals surface area contributed by atoms with Crippen molar-refractivity contribution < 1.29 is 19.1 Å². The van der Waals surface area contributed by atoms with E-state index in [9.17, 15) is 14.4 Å². The number of ether oxygens (including phenoxy) is 1. The average molecular weight is 352 g/mol. The van der Waals surface area contributed by atoms with Crippen LogP contribution < -0.4 is 10.1 Å². The molecule has 6 heteroatoms. The maximum absolute atomic E-state index is 12.9. The molecule has 1 saturated heterocycles. The highest BCUT2D eigenvalue weighted by atomic mass is 16.5. The third kappa shape index (κ3) is 2.14. The lowest BCUT2D eigenvalue weighted by Gasteiger charge is -2.37. The van der Waals surface area contributed by atoms with Gasteiger partial charge < -0.3 is 10.1 Å². The van der Waals surface area contributed by atoms with Crippen LogP contribution in [0.3, 0.4) is 0 Å². The Labute approximate surface area is 151 Å². The molecule has 3 amide bonds. The van der Waals surface area contributed by atoms with Crippen LogP contribution in [-0.2, 0) is 14.4 Å². The number of nitrogens with zero attached hydrogens (tertiary/aromatic N) is 1. The second kappa shape index (κ2) is 5.43. The number of amides is 3. The SMILES string of the molecule is COc1cccc(NC(=O)CN2C(=O)[C@@H]3[C@H]4C=C[C@@H]([C@@H]5C[C@H]45)[C@@H]3C2=O)c1. The maximum atomic E-state index is 12.9. The Hall–Kier alpha value is -2.63. The Bertz CT molecular complexity index is 812. The molecule has 0 aromatic heterocycles. The topological polar surface area (TPSA) is 75.7 Å². The van der Waals surface area contributed by atoms with Crippen LogP contribution in [0.5, 0.6) is 5.75 Å². The van der Waals surface area contributed by atoms with Gasteiger partial charge in [0.25, 0.3) is 0 Å². The molecule has 1 aromatic carbocycles. The first kappa shape index (κ1) is 15.6. The number of benzene rings is 1. The van der Waals surface area contributed by atoms with Crippen molar-refractivity contribution in [2.75, 3.05) is 19.0 Å². The van der Waals surface area contributed by atoms with Crippen molar-refractivity contribution in [1.82, 2.24) is 4.90 Å². The largest absolute Gasteiger partial charge is 0.497 e. The number of carbonyl (C=O) groups is 3. The van der Waals surface area contributed by atoms with Crippen LogP contribution >= 0.6 is 0 Å². The molecule has 6 rings (SSSR count). The number of hydrogen-bond acceptors (Lipinski definition) is 4. The van der Waals surface area contributed by atoms with Gasteiger partial charge in [-0.3, -0.25) is 19.3 Å². The molecule has 1 aromatic rings. The molecule has 1 N–H and O–H groups in total. The standard InChI is InChI=1S/C20H20N2O4/c1-26-11-4-2-3-10(7-11)21-16(23)9-22-19(24)17-12-5-6-13(15-8-14(12)15)18(17)20(22)25/h2-7,12-15,17-18H,8-9H2,1H3,(H,21,23)/t12-,13-,14-,15+,17-,18+/m0/s1. The number of likely N-dealkylation sites (tertiary alicyclic amines) is 1. The van der Waals surface area contributed by atoms with Gasteiger partial charge >= 0.3 is 0 Å². The fourth-order valence-electron chi connectivity index (χ4n) is 5.22. The fourth-order valence-corrected chi connectivity index (χ4v) is 5.22. The summed E-state index contributed by atoms with van der Waals surface area (Å²) in [7, 11) is 1.55. The van der Waals surface area contributed by atoms with Gasteiger partial charge in [-0.2, -0.15) is 0 Å². The average Bonchev–Trinajstić information content (AvgIpc) is 3.43. The summed E-state index contributed by atoms with van der Waals surface area (Å²) in [5.41, 5.74) is 0.578. The minimum Gasteiger partial charge on any atom is -0.497 e. The molecule has 26 heavy (non-hydrogen) atoms. The molecule has 4 aliphatic carbocycles. The second-order valence-corrected chi connectivity index (χ2v) is 7.70. The lowest BCUT2D eigenvalue weighted by atomic mass is 9.63. The Morgan fingerprint density at radius 2 is 1.81 bits per heavy atom. The molecule has 2 saturated carbocycles. The van der Waals surface area contributed by atoms with Crippen molar-refractivity contribution >= 4 is 23.4 Å². The molecule has 0 unspecified atom stereocenters. The second-order valence-electron chi connectivity index (χ2n) is 7.70. The van der Waals surface area contributed by atoms with Gasteiger partial charge in [0.2, 0.25) is 17.7 Å². The number of hydrogen-bond donors (Lipinski definition) is 1. The monoisotopic (exact) mass is 352 g/mol. The lowest BCUT2D eigenvalue weighted by molar-refractivity contribution is -0.142. The van der Waals surface area contributed by atoms with Crippen LogP contribution in [0.4, 0.5) is 5.69 Å². The number of nitrogens with one attached hydrogen (secondary N) is 1. The molecule has 1 heterocycles. The van der Waals surface area contributed by atoms with Crippen molar-refractivity contribution in [3.63, 3.8) is 0 Å². The number of carbonyl (C=O) groups excluding carboxylic acids is 3. The summed E-state index contributed by atoms with van der Waals surface area (Å²) >= 11 is 0. The summed E-state index contributed by atoms with van der Waals surface area (Å²) in [4.78, 5) is 39.3. The van der Waals surface area contributed by atoms with E-state index in [2.05, 4.69) is 17.5 Å². The van der Waals surface area contributed by atoms with Crippen molar-refractivity contribution in [1.29, 1.82) is 0 Å². The summed E-state index contributed by atoms with van der Waals surface area (Å²) < 4.78 is 5.14. The van der Waals surface area contributed by atoms with Crippen LogP contribution in [0.15, 0.2) is 36.4 Å². The highest BCUT2D eigenvalue weighted by molar-refractivity contribution is 6.09. The van der Waals surface area contributed by atoms with Gasteiger partial charge in [-0.25, -0.2) is 0 Å². The molecular weight excluding hydrogens is 332 g/mol. The minimum atomic E-state index is -0.371. The predicted molar refractivity (Wildman–Crippen MR) is 93.0 cm³/mol. The van der Waals surface area contributed by atoms with E-state index in [0.717, 1.165) is 6.42 Å². The number of imide groups is 1. The first-order valence-corrected chi connectivity index (χ1v) is 9.06. The van der Waals surface area contributed by atoms with E-state index in [0.29, 0.717) is 23.3 Å². The summed E-state index contributed by atoms with van der Waals surface area (Å²) in [6.07, 6.45) is 5.39. The van der Waals surface area contributed by atoms with E-state index in [1.54, 1.807) is 31.4 Å². The first-order chi connectivity index (χ1) is 12.6. The van der Waals surface area contributed by atoms with E-state index in [1.165, 1.54) is 4.90 Å². The molecule has 0 spiro atoms. The smallest absolute Gasteiger partial charge is 0.244 e. The zero-order valence-corrected chi connectivity index (χ0v) is 14.4. The number of rotatable bonds is 4. The van der Waals surface area contributed by atoms with Crippen molar-refractivity contribution in [3.05, 3.63) is 36.4 Å². The highest BCUT2D eigenvalue weighted by Gasteiger charge is 2.67. The van der Waals surface area contributed by atoms with Gasteiger partial charge in [0.15, 0.2) is 0 Å². The number of allylic oxidation sites excluding steroid dienone is 2. The maximum Gasteiger partial charge on any atom is 0.244 e. The number of anilines is 1. The normalized spacial score (nSPS) is 36.0. The first-order valence-electron chi connectivity index (χ1n) is 9.06. The van der Waals surface area contributed by atoms with Crippen LogP contribution in [-0.4, -0.2) is 36.3 Å². The lowest BCUT2D eigenvalue weighted by Crippen LogP contribution is -2.40. The zero-order valence-electron chi connectivity index (χ0n) is 14.4. The quantitative estimate of drug-likeness (QED) is 0.661. The van der Waals surface area contributed by atoms with E-state index in [1.807, 2.05) is 0 Å². The van der Waals surface area contributed by atoms with Crippen molar-refractivity contribution in [2.45, 2.75) is 6.42 Å². The van der Waals surface area contributed by atoms with Crippen LogP contribution in [0.25, 0.3) is 0 Å². The van der Waals surface area contributed by atoms with Gasteiger partial charge in [0.1, 0.15) is 12.3 Å². The van der Waals surface area contributed by atoms with Crippen molar-refractivity contribution in [3.8, 4) is 5.75 Å². The van der Waals surface area contributed by atoms with Gasteiger partial charge in [-0.1, -0.05) is 18.2 Å². The van der Waals surface area contributed by atoms with Crippen LogP contribution in [0.1, 0.15) is 6.42 Å². The molecule has 6 atom stereocenters. The molecule has 3 fully saturated rings.